The van der Waals surface area contributed by atoms with Gasteiger partial charge in [-0.3, -0.25) is 4.79 Å². The molecule has 3 aromatic carbocycles. The lowest BCUT2D eigenvalue weighted by atomic mass is 10.1. The lowest BCUT2D eigenvalue weighted by Crippen LogP contribution is -2.23. The number of para-hydroxylation sites is 1. The minimum atomic E-state index is -0.0943. The Morgan fingerprint density at radius 1 is 1.00 bits per heavy atom. The average molecular weight is 412 g/mol. The van der Waals surface area contributed by atoms with Gasteiger partial charge in [0.2, 0.25) is 0 Å². The molecule has 0 bridgehead atoms. The Kier molecular flexibility index (Phi) is 7.40. The first-order valence-corrected chi connectivity index (χ1v) is 10.5. The SMILES string of the molecule is CCOc1ccccc1CNC(=O)c1ccc(CSc2ccc(Cl)cc2)cc1. The van der Waals surface area contributed by atoms with E-state index in [1.54, 1.807) is 11.8 Å². The van der Waals surface area contributed by atoms with Crippen LogP contribution in [0.4, 0.5) is 0 Å². The number of benzene rings is 3. The van der Waals surface area contributed by atoms with Crippen molar-refractivity contribution in [2.24, 2.45) is 0 Å². The second-order valence-electron chi connectivity index (χ2n) is 6.16. The third-order valence-corrected chi connectivity index (χ3v) is 5.48. The summed E-state index contributed by atoms with van der Waals surface area (Å²) in [5.74, 6) is 1.55. The predicted octanol–water partition coefficient (Wildman–Crippen LogP) is 5.96. The number of hydrogen-bond acceptors (Lipinski definition) is 3. The number of carbonyl (C=O) groups is 1. The third-order valence-electron chi connectivity index (χ3n) is 4.15. The Hall–Kier alpha value is -2.43. The molecule has 1 amide bonds. The van der Waals surface area contributed by atoms with Crippen molar-refractivity contribution in [3.05, 3.63) is 94.5 Å². The van der Waals surface area contributed by atoms with Crippen molar-refractivity contribution in [1.29, 1.82) is 0 Å². The van der Waals surface area contributed by atoms with E-state index < -0.39 is 0 Å². The van der Waals surface area contributed by atoms with Crippen molar-refractivity contribution in [1.82, 2.24) is 5.32 Å². The molecule has 5 heteroatoms. The van der Waals surface area contributed by atoms with E-state index in [9.17, 15) is 4.79 Å². The van der Waals surface area contributed by atoms with Crippen LogP contribution in [-0.2, 0) is 12.3 Å². The highest BCUT2D eigenvalue weighted by Gasteiger charge is 2.08. The third kappa shape index (κ3) is 5.78. The molecule has 0 aromatic heterocycles. The van der Waals surface area contributed by atoms with Gasteiger partial charge in [-0.15, -0.1) is 11.8 Å². The van der Waals surface area contributed by atoms with Crippen LogP contribution in [0.3, 0.4) is 0 Å². The number of carbonyl (C=O) groups excluding carboxylic acids is 1. The van der Waals surface area contributed by atoms with E-state index in [-0.39, 0.29) is 5.91 Å². The van der Waals surface area contributed by atoms with Crippen molar-refractivity contribution in [3.63, 3.8) is 0 Å². The van der Waals surface area contributed by atoms with Gasteiger partial charge in [-0.05, 0) is 55.0 Å². The van der Waals surface area contributed by atoms with Crippen LogP contribution in [0, 0.1) is 0 Å². The van der Waals surface area contributed by atoms with Crippen molar-refractivity contribution in [2.75, 3.05) is 6.61 Å². The van der Waals surface area contributed by atoms with Crippen LogP contribution in [-0.4, -0.2) is 12.5 Å². The zero-order chi connectivity index (χ0) is 19.8. The van der Waals surface area contributed by atoms with Crippen molar-refractivity contribution >= 4 is 29.3 Å². The van der Waals surface area contributed by atoms with Crippen molar-refractivity contribution in [3.8, 4) is 5.75 Å². The number of hydrogen-bond donors (Lipinski definition) is 1. The molecule has 28 heavy (non-hydrogen) atoms. The molecule has 0 aliphatic rings. The highest BCUT2D eigenvalue weighted by Crippen LogP contribution is 2.24. The molecule has 0 aliphatic heterocycles. The van der Waals surface area contributed by atoms with Crippen LogP contribution in [0.15, 0.2) is 77.7 Å². The summed E-state index contributed by atoms with van der Waals surface area (Å²) in [4.78, 5) is 13.6. The quantitative estimate of drug-likeness (QED) is 0.464. The monoisotopic (exact) mass is 411 g/mol. The summed E-state index contributed by atoms with van der Waals surface area (Å²) in [5, 5.41) is 3.70. The van der Waals surface area contributed by atoms with Crippen molar-refractivity contribution < 1.29 is 9.53 Å². The fourth-order valence-electron chi connectivity index (χ4n) is 2.67. The van der Waals surface area contributed by atoms with Gasteiger partial charge in [0.15, 0.2) is 0 Å². The molecule has 0 aliphatic carbocycles. The van der Waals surface area contributed by atoms with E-state index in [1.807, 2.05) is 79.7 Å². The highest BCUT2D eigenvalue weighted by atomic mass is 35.5. The maximum atomic E-state index is 12.4. The molecular weight excluding hydrogens is 390 g/mol. The van der Waals surface area contributed by atoms with Gasteiger partial charge in [-0.25, -0.2) is 0 Å². The first kappa shape index (κ1) is 20.3. The molecule has 0 saturated heterocycles. The summed E-state index contributed by atoms with van der Waals surface area (Å²) in [6.07, 6.45) is 0. The Labute approximate surface area is 175 Å². The molecule has 0 heterocycles. The van der Waals surface area contributed by atoms with Crippen LogP contribution in [0.2, 0.25) is 5.02 Å². The highest BCUT2D eigenvalue weighted by molar-refractivity contribution is 7.98. The first-order chi connectivity index (χ1) is 13.7. The summed E-state index contributed by atoms with van der Waals surface area (Å²) in [7, 11) is 0. The van der Waals surface area contributed by atoms with Crippen LogP contribution < -0.4 is 10.1 Å². The number of rotatable bonds is 8. The van der Waals surface area contributed by atoms with Gasteiger partial charge in [0.1, 0.15) is 5.75 Å². The Morgan fingerprint density at radius 3 is 2.43 bits per heavy atom. The van der Waals surface area contributed by atoms with Gasteiger partial charge in [-0.1, -0.05) is 41.9 Å². The molecule has 3 nitrogen and oxygen atoms in total. The second-order valence-corrected chi connectivity index (χ2v) is 7.65. The van der Waals surface area contributed by atoms with Crippen LogP contribution in [0.1, 0.15) is 28.4 Å². The first-order valence-electron chi connectivity index (χ1n) is 9.12. The molecule has 0 fully saturated rings. The fraction of sp³-hybridized carbons (Fsp3) is 0.174. The minimum absolute atomic E-state index is 0.0943. The zero-order valence-electron chi connectivity index (χ0n) is 15.7. The predicted molar refractivity (Wildman–Crippen MR) is 116 cm³/mol. The summed E-state index contributed by atoms with van der Waals surface area (Å²) >= 11 is 7.65. The standard InChI is InChI=1S/C23H22ClNO2S/c1-2-27-22-6-4-3-5-19(22)15-25-23(26)18-9-7-17(8-10-18)16-28-21-13-11-20(24)12-14-21/h3-14H,2,15-16H2,1H3,(H,25,26). The van der Waals surface area contributed by atoms with E-state index in [4.69, 9.17) is 16.3 Å². The van der Waals surface area contributed by atoms with Crippen LogP contribution in [0.5, 0.6) is 5.75 Å². The molecule has 0 saturated carbocycles. The van der Waals surface area contributed by atoms with Gasteiger partial charge >= 0.3 is 0 Å². The molecule has 3 aromatic rings. The molecule has 0 atom stereocenters. The van der Waals surface area contributed by atoms with Crippen molar-refractivity contribution in [2.45, 2.75) is 24.1 Å². The molecule has 0 radical (unpaired) electrons. The van der Waals surface area contributed by atoms with E-state index in [0.717, 1.165) is 27.7 Å². The number of ether oxygens (including phenoxy) is 1. The zero-order valence-corrected chi connectivity index (χ0v) is 17.2. The summed E-state index contributed by atoms with van der Waals surface area (Å²) in [6, 6.07) is 23.3. The van der Waals surface area contributed by atoms with E-state index in [1.165, 1.54) is 4.90 Å². The summed E-state index contributed by atoms with van der Waals surface area (Å²) in [6.45, 7) is 2.98. The van der Waals surface area contributed by atoms with Gasteiger partial charge < -0.3 is 10.1 Å². The number of thioether (sulfide) groups is 1. The molecular formula is C23H22ClNO2S. The Balaban J connectivity index is 1.54. The lowest BCUT2D eigenvalue weighted by molar-refractivity contribution is 0.0950. The lowest BCUT2D eigenvalue weighted by Gasteiger charge is -2.11. The second kappa shape index (κ2) is 10.2. The van der Waals surface area contributed by atoms with Gasteiger partial charge in [0, 0.05) is 33.3 Å². The Bertz CT molecular complexity index is 911. The largest absolute Gasteiger partial charge is 0.494 e. The maximum absolute atomic E-state index is 12.4. The van der Waals surface area contributed by atoms with Gasteiger partial charge in [-0.2, -0.15) is 0 Å². The Morgan fingerprint density at radius 2 is 1.71 bits per heavy atom. The molecule has 0 spiro atoms. The topological polar surface area (TPSA) is 38.3 Å². The number of nitrogens with one attached hydrogen (secondary N) is 1. The summed E-state index contributed by atoms with van der Waals surface area (Å²) in [5.41, 5.74) is 2.78. The smallest absolute Gasteiger partial charge is 0.251 e. The molecule has 144 valence electrons. The minimum Gasteiger partial charge on any atom is -0.494 e. The normalized spacial score (nSPS) is 10.5. The van der Waals surface area contributed by atoms with Gasteiger partial charge in [0.05, 0.1) is 6.61 Å². The number of amides is 1. The van der Waals surface area contributed by atoms with E-state index >= 15 is 0 Å². The molecule has 0 unspecified atom stereocenters. The van der Waals surface area contributed by atoms with E-state index in [2.05, 4.69) is 5.32 Å². The van der Waals surface area contributed by atoms with Crippen LogP contribution in [0.25, 0.3) is 0 Å². The van der Waals surface area contributed by atoms with Crippen LogP contribution >= 0.6 is 23.4 Å². The average Bonchev–Trinajstić information content (AvgIpc) is 2.73. The van der Waals surface area contributed by atoms with E-state index in [0.29, 0.717) is 18.7 Å². The maximum Gasteiger partial charge on any atom is 0.251 e. The van der Waals surface area contributed by atoms with Gasteiger partial charge in [0.25, 0.3) is 5.91 Å². The molecule has 3 rings (SSSR count). The number of halogens is 1. The summed E-state index contributed by atoms with van der Waals surface area (Å²) < 4.78 is 5.60. The molecule has 1 N–H and O–H groups in total. The fourth-order valence-corrected chi connectivity index (χ4v) is 3.65.